The number of rotatable bonds is 1. The fraction of sp³-hybridized carbons (Fsp3) is 0.556. The molecule has 2 heteroatoms. The zero-order valence-electron chi connectivity index (χ0n) is 7.26. The molecule has 0 radical (unpaired) electrons. The quantitative estimate of drug-likeness (QED) is 0.578. The van der Waals surface area contributed by atoms with Crippen molar-refractivity contribution in [1.29, 1.82) is 0 Å². The average Bonchev–Trinajstić information content (AvgIpc) is 1.85. The van der Waals surface area contributed by atoms with Gasteiger partial charge in [0.2, 0.25) is 0 Å². The Hall–Kier alpha value is -0.920. The van der Waals surface area contributed by atoms with Crippen LogP contribution in [0.2, 0.25) is 0 Å². The number of ether oxygens (including phenoxy) is 2. The summed E-state index contributed by atoms with van der Waals surface area (Å²) in [4.78, 5) is 0. The van der Waals surface area contributed by atoms with Crippen molar-refractivity contribution < 1.29 is 9.47 Å². The van der Waals surface area contributed by atoms with Crippen LogP contribution in [0.4, 0.5) is 0 Å². The van der Waals surface area contributed by atoms with Crippen LogP contribution in [0.1, 0.15) is 27.2 Å². The Balaban J connectivity index is 2.44. The first kappa shape index (κ1) is 8.18. The summed E-state index contributed by atoms with van der Waals surface area (Å²) in [5.74, 6) is 0.889. The van der Waals surface area contributed by atoms with Crippen LogP contribution >= 0.6 is 0 Å². The Bertz CT molecular complexity index is 184. The van der Waals surface area contributed by atoms with Crippen LogP contribution in [-0.4, -0.2) is 0 Å². The first-order valence-corrected chi connectivity index (χ1v) is 3.74. The molecule has 1 aliphatic heterocycles. The summed E-state index contributed by atoms with van der Waals surface area (Å²) in [6, 6.07) is 0. The van der Waals surface area contributed by atoms with Gasteiger partial charge in [0.15, 0.2) is 0 Å². The molecule has 11 heavy (non-hydrogen) atoms. The van der Waals surface area contributed by atoms with Gasteiger partial charge in [0.05, 0.1) is 0 Å². The minimum absolute atomic E-state index is 0.250. The van der Waals surface area contributed by atoms with Crippen molar-refractivity contribution >= 4 is 0 Å². The Morgan fingerprint density at radius 2 is 2.00 bits per heavy atom. The fourth-order valence-corrected chi connectivity index (χ4v) is 0.896. The second-order valence-electron chi connectivity index (χ2n) is 3.85. The van der Waals surface area contributed by atoms with Gasteiger partial charge >= 0.3 is 0 Å². The molecule has 62 valence electrons. The Labute approximate surface area is 67.5 Å². The molecule has 0 saturated heterocycles. The molecule has 1 aliphatic rings. The highest BCUT2D eigenvalue weighted by atomic mass is 16.5. The zero-order chi connectivity index (χ0) is 8.32. The maximum absolute atomic E-state index is 5.21. The molecule has 0 bridgehead atoms. The third-order valence-corrected chi connectivity index (χ3v) is 1.26. The van der Waals surface area contributed by atoms with Gasteiger partial charge in [-0.3, -0.25) is 0 Å². The lowest BCUT2D eigenvalue weighted by molar-refractivity contribution is 0.218. The zero-order valence-corrected chi connectivity index (χ0v) is 7.26. The third kappa shape index (κ3) is 3.12. The van der Waals surface area contributed by atoms with Crippen molar-refractivity contribution in [3.05, 3.63) is 24.5 Å². The molecule has 0 atom stereocenters. The molecule has 0 saturated carbocycles. The van der Waals surface area contributed by atoms with E-state index in [1.165, 1.54) is 6.26 Å². The van der Waals surface area contributed by atoms with Crippen molar-refractivity contribution in [2.45, 2.75) is 27.2 Å². The standard InChI is InChI=1S/C9H14O2/c1-9(2,3)6-8-7-10-4-5-11-8/h4-5,7H,6H2,1-3H3. The third-order valence-electron chi connectivity index (χ3n) is 1.26. The number of hydrogen-bond donors (Lipinski definition) is 0. The van der Waals surface area contributed by atoms with E-state index in [9.17, 15) is 0 Å². The summed E-state index contributed by atoms with van der Waals surface area (Å²) < 4.78 is 10.2. The number of hydrogen-bond acceptors (Lipinski definition) is 2. The SMILES string of the molecule is CC(C)(C)CC1=COC=CO1. The van der Waals surface area contributed by atoms with E-state index < -0.39 is 0 Å². The lowest BCUT2D eigenvalue weighted by Crippen LogP contribution is -2.08. The normalized spacial score (nSPS) is 16.8. The molecular weight excluding hydrogens is 140 g/mol. The molecule has 0 amide bonds. The maximum Gasteiger partial charge on any atom is 0.139 e. The van der Waals surface area contributed by atoms with Gasteiger partial charge in [0.25, 0.3) is 0 Å². The molecule has 0 fully saturated rings. The number of allylic oxidation sites excluding steroid dienone is 1. The summed E-state index contributed by atoms with van der Waals surface area (Å²) >= 11 is 0. The van der Waals surface area contributed by atoms with Crippen molar-refractivity contribution in [3.63, 3.8) is 0 Å². The smallest absolute Gasteiger partial charge is 0.139 e. The van der Waals surface area contributed by atoms with E-state index >= 15 is 0 Å². The second kappa shape index (κ2) is 2.99. The van der Waals surface area contributed by atoms with E-state index in [0.29, 0.717) is 0 Å². The van der Waals surface area contributed by atoms with Crippen molar-refractivity contribution in [2.24, 2.45) is 5.41 Å². The lowest BCUT2D eigenvalue weighted by Gasteiger charge is -2.20. The van der Waals surface area contributed by atoms with Crippen molar-refractivity contribution in [1.82, 2.24) is 0 Å². The predicted octanol–water partition coefficient (Wildman–Crippen LogP) is 2.78. The van der Waals surface area contributed by atoms with E-state index in [2.05, 4.69) is 20.8 Å². The van der Waals surface area contributed by atoms with Gasteiger partial charge in [0, 0.05) is 6.42 Å². The van der Waals surface area contributed by atoms with Crippen LogP contribution in [-0.2, 0) is 9.47 Å². The van der Waals surface area contributed by atoms with E-state index in [1.54, 1.807) is 12.5 Å². The molecule has 2 nitrogen and oxygen atoms in total. The van der Waals surface area contributed by atoms with Gasteiger partial charge in [-0.15, -0.1) is 0 Å². The summed E-state index contributed by atoms with van der Waals surface area (Å²) in [6.45, 7) is 6.49. The Kier molecular flexibility index (Phi) is 2.22. The largest absolute Gasteiger partial charge is 0.466 e. The highest BCUT2D eigenvalue weighted by Crippen LogP contribution is 2.25. The minimum atomic E-state index is 0.250. The molecule has 1 heterocycles. The van der Waals surface area contributed by atoms with Gasteiger partial charge in [-0.1, -0.05) is 20.8 Å². The summed E-state index contributed by atoms with van der Waals surface area (Å²) in [5, 5.41) is 0. The topological polar surface area (TPSA) is 18.5 Å². The summed E-state index contributed by atoms with van der Waals surface area (Å²) in [7, 11) is 0. The van der Waals surface area contributed by atoms with Gasteiger partial charge in [-0.25, -0.2) is 0 Å². The van der Waals surface area contributed by atoms with Crippen LogP contribution in [0.5, 0.6) is 0 Å². The van der Waals surface area contributed by atoms with E-state index in [0.717, 1.165) is 12.2 Å². The molecule has 0 N–H and O–H groups in total. The first-order chi connectivity index (χ1) is 5.08. The molecule has 1 rings (SSSR count). The summed E-state index contributed by atoms with van der Waals surface area (Å²) in [6.07, 6.45) is 5.62. The van der Waals surface area contributed by atoms with Gasteiger partial charge in [-0.05, 0) is 5.41 Å². The van der Waals surface area contributed by atoms with Gasteiger partial charge < -0.3 is 9.47 Å². The highest BCUT2D eigenvalue weighted by molar-refractivity contribution is 4.97. The molecule has 0 spiro atoms. The van der Waals surface area contributed by atoms with Crippen molar-refractivity contribution in [3.8, 4) is 0 Å². The summed E-state index contributed by atoms with van der Waals surface area (Å²) in [5.41, 5.74) is 0.250. The van der Waals surface area contributed by atoms with Gasteiger partial charge in [0.1, 0.15) is 24.5 Å². The molecule has 0 unspecified atom stereocenters. The highest BCUT2D eigenvalue weighted by Gasteiger charge is 2.15. The van der Waals surface area contributed by atoms with Gasteiger partial charge in [-0.2, -0.15) is 0 Å². The van der Waals surface area contributed by atoms with Crippen LogP contribution in [0.15, 0.2) is 24.5 Å². The Morgan fingerprint density at radius 3 is 2.45 bits per heavy atom. The Morgan fingerprint density at radius 1 is 1.27 bits per heavy atom. The monoisotopic (exact) mass is 154 g/mol. The fourth-order valence-electron chi connectivity index (χ4n) is 0.896. The molecule has 0 aromatic carbocycles. The lowest BCUT2D eigenvalue weighted by atomic mass is 9.91. The molecule has 0 aliphatic carbocycles. The molecular formula is C9H14O2. The van der Waals surface area contributed by atoms with Crippen LogP contribution in [0, 0.1) is 5.41 Å². The van der Waals surface area contributed by atoms with Crippen LogP contribution in [0.25, 0.3) is 0 Å². The first-order valence-electron chi connectivity index (χ1n) is 3.74. The van der Waals surface area contributed by atoms with Crippen LogP contribution in [0.3, 0.4) is 0 Å². The predicted molar refractivity (Wildman–Crippen MR) is 43.5 cm³/mol. The maximum atomic E-state index is 5.21. The van der Waals surface area contributed by atoms with Crippen molar-refractivity contribution in [2.75, 3.05) is 0 Å². The molecule has 0 aromatic rings. The van der Waals surface area contributed by atoms with E-state index in [4.69, 9.17) is 9.47 Å². The van der Waals surface area contributed by atoms with Crippen LogP contribution < -0.4 is 0 Å². The average molecular weight is 154 g/mol. The molecule has 0 aromatic heterocycles. The van der Waals surface area contributed by atoms with E-state index in [1.807, 2.05) is 0 Å². The minimum Gasteiger partial charge on any atom is -0.466 e. The second-order valence-corrected chi connectivity index (χ2v) is 3.85. The van der Waals surface area contributed by atoms with E-state index in [-0.39, 0.29) is 5.41 Å².